The predicted octanol–water partition coefficient (Wildman–Crippen LogP) is 4.21. The summed E-state index contributed by atoms with van der Waals surface area (Å²) in [5.41, 5.74) is 12.9. The quantitative estimate of drug-likeness (QED) is 0.300. The topological polar surface area (TPSA) is 171 Å². The smallest absolute Gasteiger partial charge is 0.307 e. The van der Waals surface area contributed by atoms with Crippen molar-refractivity contribution < 1.29 is 26.4 Å². The van der Waals surface area contributed by atoms with Gasteiger partial charge < -0.3 is 15.1 Å². The molecule has 4 N–H and O–H groups in total. The second kappa shape index (κ2) is 14.1. The lowest BCUT2D eigenvalue weighted by Crippen LogP contribution is -2.64. The molecule has 4 fully saturated rings. The first-order chi connectivity index (χ1) is 25.7. The molecule has 2 aromatic carbocycles. The molecule has 2 amide bonds. The molecule has 6 aliphatic carbocycles. The van der Waals surface area contributed by atoms with Crippen molar-refractivity contribution in [2.45, 2.75) is 113 Å². The molecule has 54 heavy (non-hydrogen) atoms. The van der Waals surface area contributed by atoms with Gasteiger partial charge in [-0.05, 0) is 172 Å². The summed E-state index contributed by atoms with van der Waals surface area (Å²) in [6.07, 6.45) is 17.7. The third-order valence-corrected chi connectivity index (χ3v) is 16.5. The van der Waals surface area contributed by atoms with Gasteiger partial charge in [-0.2, -0.15) is 4.99 Å². The van der Waals surface area contributed by atoms with Crippen LogP contribution in [0.3, 0.4) is 0 Å². The molecule has 0 radical (unpaired) electrons. The van der Waals surface area contributed by atoms with E-state index in [-0.39, 0.29) is 10.7 Å². The number of nitrogens with two attached hydrogens (primary N) is 1. The number of likely N-dealkylation sites (tertiary alicyclic amines) is 2. The number of nitrogens with zero attached hydrogens (tertiary/aromatic N) is 3. The van der Waals surface area contributed by atoms with Crippen LogP contribution in [0.15, 0.2) is 17.1 Å². The fraction of sp³-hybridized carbons (Fsp3) is 0.650. The summed E-state index contributed by atoms with van der Waals surface area (Å²) in [6, 6.07) is 4.04. The number of aliphatic imine (C=N–C) groups is 1. The van der Waals surface area contributed by atoms with Gasteiger partial charge in [0, 0.05) is 31.9 Å². The number of fused-ring (bicyclic) bond motifs is 4. The summed E-state index contributed by atoms with van der Waals surface area (Å²) in [5, 5.41) is 7.26. The monoisotopic (exact) mass is 778 g/mol. The van der Waals surface area contributed by atoms with Gasteiger partial charge in [0.1, 0.15) is 0 Å². The van der Waals surface area contributed by atoms with E-state index in [2.05, 4.69) is 51.1 Å². The molecule has 292 valence electrons. The molecule has 2 heterocycles. The third kappa shape index (κ3) is 7.18. The van der Waals surface area contributed by atoms with Crippen LogP contribution in [0.1, 0.15) is 95.9 Å². The summed E-state index contributed by atoms with van der Waals surface area (Å²) in [5.74, 6) is 0. The van der Waals surface area contributed by atoms with E-state index in [1.165, 1.54) is 57.3 Å². The molecule has 2 aliphatic heterocycles. The zero-order chi connectivity index (χ0) is 38.0. The molecule has 10 rings (SSSR count). The number of anilines is 1. The summed E-state index contributed by atoms with van der Waals surface area (Å²) in [4.78, 5) is 31.4. The molecule has 2 saturated heterocycles. The fourth-order valence-corrected chi connectivity index (χ4v) is 14.1. The minimum absolute atomic E-state index is 0.172. The van der Waals surface area contributed by atoms with Gasteiger partial charge in [0.25, 0.3) is 0 Å². The Morgan fingerprint density at radius 2 is 1.11 bits per heavy atom. The van der Waals surface area contributed by atoms with E-state index < -0.39 is 31.3 Å². The molecular weight excluding hydrogens is 725 g/mol. The van der Waals surface area contributed by atoms with Crippen molar-refractivity contribution >= 4 is 43.5 Å². The van der Waals surface area contributed by atoms with E-state index in [1.54, 1.807) is 6.08 Å². The van der Waals surface area contributed by atoms with Crippen LogP contribution in [-0.4, -0.2) is 89.5 Å². The number of sulfonamides is 2. The minimum Gasteiger partial charge on any atom is -0.307 e. The van der Waals surface area contributed by atoms with E-state index in [1.807, 2.05) is 0 Å². The van der Waals surface area contributed by atoms with E-state index >= 15 is 0 Å². The van der Waals surface area contributed by atoms with E-state index in [9.17, 15) is 26.4 Å². The van der Waals surface area contributed by atoms with Crippen molar-refractivity contribution in [1.82, 2.24) is 14.5 Å². The van der Waals surface area contributed by atoms with Crippen LogP contribution < -0.4 is 15.2 Å². The zero-order valence-corrected chi connectivity index (χ0v) is 33.3. The predicted molar refractivity (Wildman–Crippen MR) is 209 cm³/mol. The number of carbonyl (C=O) groups is 1. The van der Waals surface area contributed by atoms with Crippen molar-refractivity contribution in [1.29, 1.82) is 0 Å². The Bertz CT molecular complexity index is 2050. The SMILES string of the molecule is CN1CC2(CC(S(=O)(=O)NC(=O)Nc3c4c(cc5c3CCC5)CCC4)C2)C1.CN1CC2(CC(S(N)(=O)=O)C2)C1.O=C=Nc1c2c(cc3c1CCC3)CCC2. The number of isocyanates is 1. The van der Waals surface area contributed by atoms with Crippen LogP contribution in [0, 0.1) is 10.8 Å². The number of rotatable bonds is 5. The highest BCUT2D eigenvalue weighted by Crippen LogP contribution is 2.51. The molecule has 2 saturated carbocycles. The van der Waals surface area contributed by atoms with E-state index in [0.29, 0.717) is 18.3 Å². The summed E-state index contributed by atoms with van der Waals surface area (Å²) in [7, 11) is -2.76. The summed E-state index contributed by atoms with van der Waals surface area (Å²) >= 11 is 0. The van der Waals surface area contributed by atoms with Crippen LogP contribution in [0.2, 0.25) is 0 Å². The lowest BCUT2D eigenvalue weighted by atomic mass is 9.63. The van der Waals surface area contributed by atoms with Crippen molar-refractivity contribution in [3.63, 3.8) is 0 Å². The van der Waals surface area contributed by atoms with Crippen molar-refractivity contribution in [3.8, 4) is 0 Å². The first-order valence-corrected chi connectivity index (χ1v) is 22.9. The minimum atomic E-state index is -3.62. The lowest BCUT2D eigenvalue weighted by Gasteiger charge is -2.57. The maximum Gasteiger partial charge on any atom is 0.332 e. The standard InChI is InChI=1S/C20H27N3O3S.C13H13NO.C7H14N2O2S/c1-23-11-20(12-23)9-15(10-20)27(25,26)22-19(24)21-18-16-6-2-4-13(16)8-14-5-3-7-17(14)18;15-8-14-13-11-5-1-3-9(11)7-10-4-2-6-12(10)13;1-9-4-7(5-9)2-6(3-7)12(8,10)11/h8,15H,2-7,9-12H2,1H3,(H2,21,22,24);7H,1-6H2;6H,2-5H2,1H3,(H2,8,10,11). The third-order valence-electron chi connectivity index (χ3n) is 13.5. The van der Waals surface area contributed by atoms with Gasteiger partial charge in [0.2, 0.25) is 26.1 Å². The molecular formula is C40H54N6O6S2. The highest BCUT2D eigenvalue weighted by Gasteiger charge is 2.56. The van der Waals surface area contributed by atoms with Gasteiger partial charge in [-0.25, -0.2) is 36.3 Å². The van der Waals surface area contributed by atoms with E-state index in [4.69, 9.17) is 5.14 Å². The number of nitrogens with one attached hydrogen (secondary N) is 2. The molecule has 0 aromatic heterocycles. The highest BCUT2D eigenvalue weighted by molar-refractivity contribution is 7.90. The Morgan fingerprint density at radius 1 is 0.704 bits per heavy atom. The number of benzene rings is 2. The highest BCUT2D eigenvalue weighted by atomic mass is 32.2. The van der Waals surface area contributed by atoms with Crippen LogP contribution in [-0.2, 0) is 76.2 Å². The number of carbonyl (C=O) groups excluding carboxylic acids is 2. The molecule has 12 nitrogen and oxygen atoms in total. The number of hydrogen-bond acceptors (Lipinski definition) is 9. The number of aryl methyl sites for hydroxylation is 4. The normalized spacial score (nSPS) is 23.1. The molecule has 14 heteroatoms. The Labute approximate surface area is 319 Å². The maximum atomic E-state index is 12.6. The first-order valence-electron chi connectivity index (χ1n) is 19.8. The molecule has 0 unspecified atom stereocenters. The zero-order valence-electron chi connectivity index (χ0n) is 31.6. The second-order valence-corrected chi connectivity index (χ2v) is 21.5. The van der Waals surface area contributed by atoms with Crippen molar-refractivity contribution in [3.05, 3.63) is 56.6 Å². The number of urea groups is 1. The van der Waals surface area contributed by atoms with Gasteiger partial charge in [-0.15, -0.1) is 0 Å². The van der Waals surface area contributed by atoms with Crippen LogP contribution in [0.4, 0.5) is 16.2 Å². The van der Waals surface area contributed by atoms with Crippen LogP contribution in [0.25, 0.3) is 0 Å². The Morgan fingerprint density at radius 3 is 1.52 bits per heavy atom. The van der Waals surface area contributed by atoms with E-state index in [0.717, 1.165) is 115 Å². The summed E-state index contributed by atoms with van der Waals surface area (Å²) in [6.45, 7) is 4.01. The number of hydrogen-bond donors (Lipinski definition) is 3. The Kier molecular flexibility index (Phi) is 9.87. The molecule has 8 aliphatic rings. The molecule has 0 bridgehead atoms. The number of amides is 2. The average Bonchev–Trinajstić information content (AvgIpc) is 3.86. The van der Waals surface area contributed by atoms with Gasteiger partial charge >= 0.3 is 6.03 Å². The average molecular weight is 779 g/mol. The van der Waals surface area contributed by atoms with Crippen LogP contribution >= 0.6 is 0 Å². The Hall–Kier alpha value is -3.13. The molecule has 2 spiro atoms. The lowest BCUT2D eigenvalue weighted by molar-refractivity contribution is -0.0409. The van der Waals surface area contributed by atoms with Gasteiger partial charge in [0.05, 0.1) is 16.2 Å². The second-order valence-electron chi connectivity index (χ2n) is 17.7. The molecule has 0 atom stereocenters. The largest absolute Gasteiger partial charge is 0.332 e. The van der Waals surface area contributed by atoms with Gasteiger partial charge in [-0.1, -0.05) is 12.1 Å². The maximum absolute atomic E-state index is 12.6. The van der Waals surface area contributed by atoms with Crippen molar-refractivity contribution in [2.24, 2.45) is 21.0 Å². The fourth-order valence-electron chi connectivity index (χ4n) is 11.3. The van der Waals surface area contributed by atoms with Crippen molar-refractivity contribution in [2.75, 3.05) is 45.6 Å². The first kappa shape index (κ1) is 37.8. The van der Waals surface area contributed by atoms with Gasteiger partial charge in [-0.3, -0.25) is 0 Å². The molecule has 2 aromatic rings. The number of primary sulfonamides is 1. The summed E-state index contributed by atoms with van der Waals surface area (Å²) < 4.78 is 49.3. The van der Waals surface area contributed by atoms with Crippen LogP contribution in [0.5, 0.6) is 0 Å². The van der Waals surface area contributed by atoms with Gasteiger partial charge in [0.15, 0.2) is 0 Å². The Balaban J connectivity index is 0.000000128.